The van der Waals surface area contributed by atoms with Crippen molar-refractivity contribution >= 4 is 23.1 Å². The minimum atomic E-state index is -0.811. The number of rotatable bonds is 6. The zero-order chi connectivity index (χ0) is 23.5. The topological polar surface area (TPSA) is 76.1 Å². The minimum absolute atomic E-state index is 0.00806. The van der Waals surface area contributed by atoms with Gasteiger partial charge in [0.25, 0.3) is 11.7 Å². The first kappa shape index (κ1) is 22.1. The highest BCUT2D eigenvalue weighted by Gasteiger charge is 2.47. The summed E-state index contributed by atoms with van der Waals surface area (Å²) in [6, 6.07) is 22.1. The van der Waals surface area contributed by atoms with Gasteiger partial charge in [0.15, 0.2) is 0 Å². The van der Waals surface area contributed by atoms with Gasteiger partial charge in [-0.3, -0.25) is 14.5 Å². The zero-order valence-electron chi connectivity index (χ0n) is 18.7. The third-order valence-electron chi connectivity index (χ3n) is 5.39. The van der Waals surface area contributed by atoms with Crippen LogP contribution in [0.15, 0.2) is 84.4 Å². The molecule has 1 fully saturated rings. The summed E-state index contributed by atoms with van der Waals surface area (Å²) in [6.45, 7) is 3.85. The van der Waals surface area contributed by atoms with Crippen molar-refractivity contribution in [2.24, 2.45) is 0 Å². The van der Waals surface area contributed by atoms with Gasteiger partial charge in [0.2, 0.25) is 0 Å². The van der Waals surface area contributed by atoms with Crippen molar-refractivity contribution in [1.82, 2.24) is 0 Å². The lowest BCUT2D eigenvalue weighted by Gasteiger charge is -2.25. The molecule has 33 heavy (non-hydrogen) atoms. The van der Waals surface area contributed by atoms with E-state index in [1.807, 2.05) is 26.0 Å². The zero-order valence-corrected chi connectivity index (χ0v) is 18.7. The number of hydrogen-bond donors (Lipinski definition) is 1. The number of ether oxygens (including phenoxy) is 2. The molecule has 6 heteroatoms. The molecule has 0 aliphatic carbocycles. The van der Waals surface area contributed by atoms with Gasteiger partial charge in [-0.25, -0.2) is 0 Å². The number of para-hydroxylation sites is 1. The number of nitrogens with zero attached hydrogens (tertiary/aromatic N) is 1. The van der Waals surface area contributed by atoms with E-state index in [1.165, 1.54) is 4.90 Å². The van der Waals surface area contributed by atoms with E-state index < -0.39 is 17.7 Å². The highest BCUT2D eigenvalue weighted by Crippen LogP contribution is 2.42. The average Bonchev–Trinajstić information content (AvgIpc) is 3.10. The minimum Gasteiger partial charge on any atom is -0.507 e. The SMILES string of the molecule is COc1cccc(C2/C(=C(/O)c3ccc(OC(C)C)cc3)C(=O)C(=O)N2c2ccccc2)c1. The van der Waals surface area contributed by atoms with Crippen molar-refractivity contribution in [3.63, 3.8) is 0 Å². The summed E-state index contributed by atoms with van der Waals surface area (Å²) in [5.74, 6) is -0.449. The fraction of sp³-hybridized carbons (Fsp3) is 0.185. The maximum atomic E-state index is 13.2. The molecule has 1 amide bonds. The molecule has 1 saturated heterocycles. The normalized spacial score (nSPS) is 17.5. The van der Waals surface area contributed by atoms with Crippen LogP contribution in [-0.2, 0) is 9.59 Å². The van der Waals surface area contributed by atoms with Gasteiger partial charge >= 0.3 is 0 Å². The van der Waals surface area contributed by atoms with Gasteiger partial charge in [0, 0.05) is 11.3 Å². The van der Waals surface area contributed by atoms with Crippen molar-refractivity contribution in [2.45, 2.75) is 26.0 Å². The van der Waals surface area contributed by atoms with Gasteiger partial charge in [-0.15, -0.1) is 0 Å². The van der Waals surface area contributed by atoms with Crippen LogP contribution in [0.5, 0.6) is 11.5 Å². The molecule has 0 radical (unpaired) electrons. The standard InChI is InChI=1S/C27H25NO5/c1-17(2)33-21-14-12-18(13-15-21)25(29)23-24(19-8-7-11-22(16-19)32-3)28(27(31)26(23)30)20-9-5-4-6-10-20/h4-17,24,29H,1-3H3/b25-23-. The Morgan fingerprint density at radius 3 is 2.24 bits per heavy atom. The predicted molar refractivity (Wildman–Crippen MR) is 126 cm³/mol. The molecule has 1 aliphatic heterocycles. The summed E-state index contributed by atoms with van der Waals surface area (Å²) in [4.78, 5) is 27.8. The van der Waals surface area contributed by atoms with Crippen molar-refractivity contribution in [3.05, 3.63) is 95.6 Å². The van der Waals surface area contributed by atoms with E-state index in [4.69, 9.17) is 9.47 Å². The second kappa shape index (κ2) is 9.20. The van der Waals surface area contributed by atoms with Gasteiger partial charge in [0.05, 0.1) is 24.8 Å². The molecular formula is C27H25NO5. The molecule has 168 valence electrons. The van der Waals surface area contributed by atoms with E-state index >= 15 is 0 Å². The van der Waals surface area contributed by atoms with Crippen LogP contribution in [0.25, 0.3) is 5.76 Å². The van der Waals surface area contributed by atoms with E-state index in [1.54, 1.807) is 73.8 Å². The Balaban J connectivity index is 1.87. The summed E-state index contributed by atoms with van der Waals surface area (Å²) in [6.07, 6.45) is 0.00806. The third-order valence-corrected chi connectivity index (χ3v) is 5.39. The number of ketones is 1. The van der Waals surface area contributed by atoms with Crippen LogP contribution >= 0.6 is 0 Å². The largest absolute Gasteiger partial charge is 0.507 e. The maximum absolute atomic E-state index is 13.2. The van der Waals surface area contributed by atoms with Crippen molar-refractivity contribution in [3.8, 4) is 11.5 Å². The Bertz CT molecular complexity index is 1200. The lowest BCUT2D eigenvalue weighted by atomic mass is 9.95. The molecule has 0 aromatic heterocycles. The van der Waals surface area contributed by atoms with Crippen LogP contribution in [0.3, 0.4) is 0 Å². The van der Waals surface area contributed by atoms with Crippen molar-refractivity contribution < 1.29 is 24.2 Å². The molecule has 1 heterocycles. The number of Topliss-reactive ketones (excluding diaryl/α,β-unsaturated/α-hetero) is 1. The number of amides is 1. The Kier molecular flexibility index (Phi) is 6.18. The van der Waals surface area contributed by atoms with Crippen LogP contribution in [-0.4, -0.2) is 30.0 Å². The van der Waals surface area contributed by atoms with Crippen LogP contribution in [0.1, 0.15) is 31.0 Å². The molecule has 6 nitrogen and oxygen atoms in total. The summed E-state index contributed by atoms with van der Waals surface area (Å²) in [5, 5.41) is 11.2. The molecule has 0 saturated carbocycles. The van der Waals surface area contributed by atoms with E-state index in [2.05, 4.69) is 0 Å². The molecular weight excluding hydrogens is 418 g/mol. The van der Waals surface area contributed by atoms with Crippen molar-refractivity contribution in [2.75, 3.05) is 12.0 Å². The maximum Gasteiger partial charge on any atom is 0.300 e. The van der Waals surface area contributed by atoms with Gasteiger partial charge in [0.1, 0.15) is 17.3 Å². The molecule has 1 unspecified atom stereocenters. The number of anilines is 1. The monoisotopic (exact) mass is 443 g/mol. The molecule has 0 spiro atoms. The van der Waals surface area contributed by atoms with Gasteiger partial charge in [-0.1, -0.05) is 30.3 Å². The Hall–Kier alpha value is -4.06. The summed E-state index contributed by atoms with van der Waals surface area (Å²) < 4.78 is 11.0. The van der Waals surface area contributed by atoms with E-state index in [-0.39, 0.29) is 17.4 Å². The number of aliphatic hydroxyl groups excluding tert-OH is 1. The summed E-state index contributed by atoms with van der Waals surface area (Å²) in [5.41, 5.74) is 1.66. The highest BCUT2D eigenvalue weighted by atomic mass is 16.5. The van der Waals surface area contributed by atoms with Crippen molar-refractivity contribution in [1.29, 1.82) is 0 Å². The Labute approximate surface area is 192 Å². The number of carbonyl (C=O) groups excluding carboxylic acids is 2. The van der Waals surface area contributed by atoms with Crippen LogP contribution < -0.4 is 14.4 Å². The van der Waals surface area contributed by atoms with Crippen LogP contribution in [0.2, 0.25) is 0 Å². The van der Waals surface area contributed by atoms with E-state index in [0.29, 0.717) is 28.3 Å². The second-order valence-corrected chi connectivity index (χ2v) is 7.97. The quantitative estimate of drug-likeness (QED) is 0.326. The summed E-state index contributed by atoms with van der Waals surface area (Å²) in [7, 11) is 1.55. The number of benzene rings is 3. The molecule has 1 N–H and O–H groups in total. The van der Waals surface area contributed by atoms with E-state index in [0.717, 1.165) is 0 Å². The lowest BCUT2D eigenvalue weighted by molar-refractivity contribution is -0.132. The molecule has 1 atom stereocenters. The smallest absolute Gasteiger partial charge is 0.300 e. The summed E-state index contributed by atoms with van der Waals surface area (Å²) >= 11 is 0. The first-order valence-electron chi connectivity index (χ1n) is 10.7. The molecule has 3 aromatic carbocycles. The fourth-order valence-corrected chi connectivity index (χ4v) is 3.93. The first-order valence-corrected chi connectivity index (χ1v) is 10.7. The number of hydrogen-bond acceptors (Lipinski definition) is 5. The lowest BCUT2D eigenvalue weighted by Crippen LogP contribution is -2.29. The predicted octanol–water partition coefficient (Wildman–Crippen LogP) is 5.11. The number of aliphatic hydroxyl groups is 1. The Morgan fingerprint density at radius 1 is 0.909 bits per heavy atom. The fourth-order valence-electron chi connectivity index (χ4n) is 3.93. The van der Waals surface area contributed by atoms with E-state index in [9.17, 15) is 14.7 Å². The van der Waals surface area contributed by atoms with Crippen LogP contribution in [0.4, 0.5) is 5.69 Å². The third kappa shape index (κ3) is 4.32. The van der Waals surface area contributed by atoms with Crippen LogP contribution in [0, 0.1) is 0 Å². The molecule has 0 bridgehead atoms. The number of methoxy groups -OCH3 is 1. The second-order valence-electron chi connectivity index (χ2n) is 7.97. The number of carbonyl (C=O) groups is 2. The molecule has 3 aromatic rings. The molecule has 1 aliphatic rings. The highest BCUT2D eigenvalue weighted by molar-refractivity contribution is 6.51. The Morgan fingerprint density at radius 2 is 1.61 bits per heavy atom. The van der Waals surface area contributed by atoms with Gasteiger partial charge in [-0.2, -0.15) is 0 Å². The average molecular weight is 443 g/mol. The molecule has 4 rings (SSSR count). The van der Waals surface area contributed by atoms with Gasteiger partial charge in [-0.05, 0) is 67.9 Å². The first-order chi connectivity index (χ1) is 15.9. The van der Waals surface area contributed by atoms with Gasteiger partial charge < -0.3 is 14.6 Å².